The molecule has 0 saturated heterocycles. The lowest BCUT2D eigenvalue weighted by Gasteiger charge is -2.28. The van der Waals surface area contributed by atoms with Gasteiger partial charge in [0.1, 0.15) is 6.61 Å². The van der Waals surface area contributed by atoms with Crippen LogP contribution < -0.4 is 0 Å². The number of carbonyl (C=O) groups excluding carboxylic acids is 2. The summed E-state index contributed by atoms with van der Waals surface area (Å²) in [6, 6.07) is 17.4. The smallest absolute Gasteiger partial charge is 0.409 e. The van der Waals surface area contributed by atoms with Gasteiger partial charge in [-0.2, -0.15) is 0 Å². The molecular weight excluding hydrogens is 549 g/mol. The minimum absolute atomic E-state index is 0.0510. The van der Waals surface area contributed by atoms with Gasteiger partial charge in [-0.3, -0.25) is 4.79 Å². The average molecular weight is 574 g/mol. The van der Waals surface area contributed by atoms with Crippen molar-refractivity contribution in [1.82, 2.24) is 4.90 Å². The first-order chi connectivity index (χ1) is 13.9. The van der Waals surface area contributed by atoms with Gasteiger partial charge in [-0.05, 0) is 52.8 Å². The van der Waals surface area contributed by atoms with E-state index in [1.807, 2.05) is 61.5 Å². The highest BCUT2D eigenvalue weighted by atomic mass is 127. The lowest BCUT2D eigenvalue weighted by atomic mass is 9.80. The number of ether oxygens (including phenoxy) is 2. The molecule has 5 nitrogen and oxygen atoms in total. The third-order valence-electron chi connectivity index (χ3n) is 4.68. The number of ketones is 1. The topological polar surface area (TPSA) is 55.8 Å². The largest absolute Gasteiger partial charge is 0.445 e. The minimum Gasteiger partial charge on any atom is -0.445 e. The van der Waals surface area contributed by atoms with Crippen LogP contribution in [-0.4, -0.2) is 48.9 Å². The van der Waals surface area contributed by atoms with Crippen LogP contribution >= 0.6 is 38.5 Å². The van der Waals surface area contributed by atoms with Crippen LogP contribution in [0.25, 0.3) is 0 Å². The Morgan fingerprint density at radius 2 is 1.86 bits per heavy atom. The molecular formula is C22H25BrINO4. The lowest BCUT2D eigenvalue weighted by molar-refractivity contribution is -0.123. The highest BCUT2D eigenvalue weighted by Gasteiger charge is 2.34. The summed E-state index contributed by atoms with van der Waals surface area (Å²) in [6.45, 7) is 3.05. The van der Waals surface area contributed by atoms with Gasteiger partial charge in [0.05, 0.1) is 24.0 Å². The van der Waals surface area contributed by atoms with Crippen molar-refractivity contribution < 1.29 is 19.1 Å². The zero-order chi connectivity index (χ0) is 21.3. The summed E-state index contributed by atoms with van der Waals surface area (Å²) in [6.07, 6.45) is -0.408. The van der Waals surface area contributed by atoms with Crippen LogP contribution in [0.4, 0.5) is 4.79 Å². The molecule has 0 aliphatic carbocycles. The molecule has 1 unspecified atom stereocenters. The Labute approximate surface area is 194 Å². The van der Waals surface area contributed by atoms with Gasteiger partial charge in [0, 0.05) is 17.2 Å². The Balaban J connectivity index is 1.84. The van der Waals surface area contributed by atoms with Crippen molar-refractivity contribution in [3.8, 4) is 0 Å². The molecule has 0 spiro atoms. The maximum atomic E-state index is 12.6. The maximum absolute atomic E-state index is 12.6. The molecule has 2 rings (SSSR count). The summed E-state index contributed by atoms with van der Waals surface area (Å²) in [5, 5.41) is 0.254. The van der Waals surface area contributed by atoms with E-state index in [4.69, 9.17) is 9.47 Å². The first kappa shape index (κ1) is 23.8. The van der Waals surface area contributed by atoms with Gasteiger partial charge in [0.25, 0.3) is 0 Å². The van der Waals surface area contributed by atoms with Gasteiger partial charge in [-0.25, -0.2) is 4.79 Å². The third-order valence-corrected chi connectivity index (χ3v) is 5.86. The minimum atomic E-state index is -0.753. The van der Waals surface area contributed by atoms with E-state index in [-0.39, 0.29) is 24.3 Å². The van der Waals surface area contributed by atoms with Crippen LogP contribution in [0, 0.1) is 3.57 Å². The molecule has 0 N–H and O–H groups in total. The number of carbonyl (C=O) groups is 2. The van der Waals surface area contributed by atoms with Crippen molar-refractivity contribution in [2.75, 3.05) is 32.1 Å². The van der Waals surface area contributed by atoms with Gasteiger partial charge in [-0.1, -0.05) is 58.4 Å². The second-order valence-corrected chi connectivity index (χ2v) is 8.72. The van der Waals surface area contributed by atoms with Crippen molar-refractivity contribution in [3.05, 3.63) is 69.3 Å². The molecule has 2 aromatic rings. The van der Waals surface area contributed by atoms with E-state index in [1.165, 1.54) is 4.90 Å². The molecule has 0 saturated carbocycles. The number of likely N-dealkylation sites (N-methyl/N-ethyl adjacent to an activating group) is 1. The van der Waals surface area contributed by atoms with Crippen LogP contribution in [0.5, 0.6) is 0 Å². The predicted octanol–water partition coefficient (Wildman–Crippen LogP) is 4.80. The Bertz CT molecular complexity index is 817. The zero-order valence-electron chi connectivity index (χ0n) is 16.6. The quantitative estimate of drug-likeness (QED) is 0.233. The number of halogens is 2. The van der Waals surface area contributed by atoms with Gasteiger partial charge >= 0.3 is 6.09 Å². The molecule has 1 atom stereocenters. The highest BCUT2D eigenvalue weighted by molar-refractivity contribution is 14.1. The molecule has 2 aromatic carbocycles. The summed E-state index contributed by atoms with van der Waals surface area (Å²) < 4.78 is 12.2. The summed E-state index contributed by atoms with van der Waals surface area (Å²) in [4.78, 5) is 26.2. The van der Waals surface area contributed by atoms with Crippen molar-refractivity contribution in [2.45, 2.75) is 18.9 Å². The fraction of sp³-hybridized carbons (Fsp3) is 0.364. The maximum Gasteiger partial charge on any atom is 0.409 e. The first-order valence-corrected chi connectivity index (χ1v) is 11.4. The van der Waals surface area contributed by atoms with Crippen molar-refractivity contribution >= 4 is 50.4 Å². The Hall–Kier alpha value is -1.45. The second-order valence-electron chi connectivity index (χ2n) is 6.91. The van der Waals surface area contributed by atoms with Crippen molar-refractivity contribution in [2.24, 2.45) is 0 Å². The van der Waals surface area contributed by atoms with Crippen molar-refractivity contribution in [3.63, 3.8) is 0 Å². The predicted molar refractivity (Wildman–Crippen MR) is 125 cm³/mol. The molecule has 0 bridgehead atoms. The number of alkyl halides is 1. The van der Waals surface area contributed by atoms with Crippen LogP contribution in [0.1, 0.15) is 18.1 Å². The van der Waals surface area contributed by atoms with Crippen LogP contribution in [0.15, 0.2) is 54.6 Å². The SMILES string of the molecule is CN(CCOCC(C)(C(=O)CBr)c1cccc(I)c1)C(=O)OCc1ccccc1. The molecule has 0 heterocycles. The van der Waals surface area contributed by atoms with E-state index in [9.17, 15) is 9.59 Å². The van der Waals surface area contributed by atoms with Gasteiger partial charge in [-0.15, -0.1) is 0 Å². The monoisotopic (exact) mass is 573 g/mol. The van der Waals surface area contributed by atoms with E-state index in [2.05, 4.69) is 38.5 Å². The zero-order valence-corrected chi connectivity index (χ0v) is 20.3. The number of Topliss-reactive ketones (excluding diaryl/α,β-unsaturated/α-hetero) is 1. The van der Waals surface area contributed by atoms with E-state index in [0.29, 0.717) is 13.2 Å². The van der Waals surface area contributed by atoms with Gasteiger partial charge < -0.3 is 14.4 Å². The average Bonchev–Trinajstić information content (AvgIpc) is 2.74. The summed E-state index contributed by atoms with van der Waals surface area (Å²) in [5.74, 6) is 0.0510. The molecule has 0 fully saturated rings. The summed E-state index contributed by atoms with van der Waals surface area (Å²) in [7, 11) is 1.67. The highest BCUT2D eigenvalue weighted by Crippen LogP contribution is 2.27. The molecule has 156 valence electrons. The standard InChI is InChI=1S/C22H25BrINO4/c1-22(20(26)14-23,18-9-6-10-19(24)13-18)16-28-12-11-25(2)21(27)29-15-17-7-4-3-5-8-17/h3-10,13H,11-12,14-16H2,1-2H3. The number of hydrogen-bond donors (Lipinski definition) is 0. The van der Waals surface area contributed by atoms with E-state index >= 15 is 0 Å². The lowest BCUT2D eigenvalue weighted by Crippen LogP contribution is -2.39. The third kappa shape index (κ3) is 7.08. The molecule has 7 heteroatoms. The second kappa shape index (κ2) is 11.7. The fourth-order valence-corrected chi connectivity index (χ4v) is 3.86. The fourth-order valence-electron chi connectivity index (χ4n) is 2.70. The number of nitrogens with zero attached hydrogens (tertiary/aromatic N) is 1. The van der Waals surface area contributed by atoms with E-state index in [1.54, 1.807) is 7.05 Å². The molecule has 1 amide bonds. The summed E-state index contributed by atoms with van der Waals surface area (Å²) >= 11 is 5.51. The number of rotatable bonds is 10. The van der Waals surface area contributed by atoms with Gasteiger partial charge in [0.15, 0.2) is 5.78 Å². The Kier molecular flexibility index (Phi) is 9.58. The first-order valence-electron chi connectivity index (χ1n) is 9.21. The molecule has 0 radical (unpaired) electrons. The summed E-state index contributed by atoms with van der Waals surface area (Å²) in [5.41, 5.74) is 1.10. The van der Waals surface area contributed by atoms with Crippen LogP contribution in [0.3, 0.4) is 0 Å². The molecule has 0 aliphatic rings. The van der Waals surface area contributed by atoms with Crippen molar-refractivity contribution in [1.29, 1.82) is 0 Å². The van der Waals surface area contributed by atoms with Crippen LogP contribution in [0.2, 0.25) is 0 Å². The number of amides is 1. The number of hydrogen-bond acceptors (Lipinski definition) is 4. The Morgan fingerprint density at radius 1 is 1.14 bits per heavy atom. The van der Waals surface area contributed by atoms with Crippen LogP contribution in [-0.2, 0) is 26.3 Å². The number of benzene rings is 2. The van der Waals surface area contributed by atoms with E-state index in [0.717, 1.165) is 14.7 Å². The Morgan fingerprint density at radius 3 is 2.52 bits per heavy atom. The molecule has 0 aromatic heterocycles. The molecule has 0 aliphatic heterocycles. The normalized spacial score (nSPS) is 12.8. The molecule has 29 heavy (non-hydrogen) atoms. The van der Waals surface area contributed by atoms with Gasteiger partial charge in [0.2, 0.25) is 0 Å². The van der Waals surface area contributed by atoms with E-state index < -0.39 is 11.5 Å².